The fourth-order valence-electron chi connectivity index (χ4n) is 1.55. The maximum absolute atomic E-state index is 6.12. The number of hydrogen-bond donors (Lipinski definition) is 0. The van der Waals surface area contributed by atoms with Crippen molar-refractivity contribution in [1.82, 2.24) is 0 Å². The summed E-state index contributed by atoms with van der Waals surface area (Å²) < 4.78 is 0. The highest BCUT2D eigenvalue weighted by Crippen LogP contribution is 2.29. The van der Waals surface area contributed by atoms with Gasteiger partial charge in [-0.25, -0.2) is 0 Å². The molecule has 0 nitrogen and oxygen atoms in total. The van der Waals surface area contributed by atoms with E-state index in [1.165, 1.54) is 0 Å². The van der Waals surface area contributed by atoms with Gasteiger partial charge in [0, 0.05) is 0 Å². The lowest BCUT2D eigenvalue weighted by molar-refractivity contribution is 1.19. The van der Waals surface area contributed by atoms with Crippen LogP contribution in [0.5, 0.6) is 0 Å². The van der Waals surface area contributed by atoms with Crippen LogP contribution in [0, 0.1) is 0 Å². The van der Waals surface area contributed by atoms with Gasteiger partial charge in [-0.15, -0.1) is 0 Å². The molecule has 0 saturated carbocycles. The summed E-state index contributed by atoms with van der Waals surface area (Å²) in [6.07, 6.45) is 0.677. The van der Waals surface area contributed by atoms with Crippen LogP contribution in [-0.4, -0.2) is 0 Å². The molecule has 0 aliphatic carbocycles. The third kappa shape index (κ3) is 3.08. The quantitative estimate of drug-likeness (QED) is 0.649. The molecule has 2 aromatic carbocycles. The van der Waals surface area contributed by atoms with Crippen molar-refractivity contribution in [1.29, 1.82) is 0 Å². The van der Waals surface area contributed by atoms with Crippen molar-refractivity contribution in [3.63, 3.8) is 0 Å². The van der Waals surface area contributed by atoms with Crippen molar-refractivity contribution in [2.45, 2.75) is 6.42 Å². The van der Waals surface area contributed by atoms with Crippen LogP contribution in [0.2, 0.25) is 20.1 Å². The molecule has 0 fully saturated rings. The van der Waals surface area contributed by atoms with Crippen LogP contribution < -0.4 is 0 Å². The van der Waals surface area contributed by atoms with Crippen LogP contribution in [-0.2, 0) is 6.42 Å². The molecule has 0 spiro atoms. The Balaban J connectivity index is 2.31. The standard InChI is InChI=1S/C13H8Cl4/c14-10-5-4-8(7-12(10)16)6-9-2-1-3-11(15)13(9)17/h1-5,7H,6H2. The van der Waals surface area contributed by atoms with E-state index in [1.807, 2.05) is 24.3 Å². The van der Waals surface area contributed by atoms with E-state index in [2.05, 4.69) is 0 Å². The summed E-state index contributed by atoms with van der Waals surface area (Å²) in [5.74, 6) is 0. The predicted octanol–water partition coefficient (Wildman–Crippen LogP) is 5.89. The van der Waals surface area contributed by atoms with E-state index in [1.54, 1.807) is 12.1 Å². The molecule has 0 aliphatic heterocycles. The Kier molecular flexibility index (Phi) is 4.22. The highest BCUT2D eigenvalue weighted by molar-refractivity contribution is 6.42. The average molecular weight is 306 g/mol. The first-order valence-electron chi connectivity index (χ1n) is 4.95. The van der Waals surface area contributed by atoms with Gasteiger partial charge in [-0.1, -0.05) is 64.6 Å². The largest absolute Gasteiger partial charge is 0.0827 e. The molecule has 0 amide bonds. The zero-order valence-corrected chi connectivity index (χ0v) is 11.7. The summed E-state index contributed by atoms with van der Waals surface area (Å²) in [6.45, 7) is 0. The minimum absolute atomic E-state index is 0.544. The number of hydrogen-bond acceptors (Lipinski definition) is 0. The van der Waals surface area contributed by atoms with Crippen LogP contribution in [0.15, 0.2) is 36.4 Å². The van der Waals surface area contributed by atoms with Gasteiger partial charge in [0.05, 0.1) is 20.1 Å². The molecule has 0 aliphatic rings. The molecule has 0 N–H and O–H groups in total. The smallest absolute Gasteiger partial charge is 0.0627 e. The number of rotatable bonds is 2. The highest BCUT2D eigenvalue weighted by Gasteiger charge is 2.06. The lowest BCUT2D eigenvalue weighted by atomic mass is 10.1. The zero-order valence-electron chi connectivity index (χ0n) is 8.68. The summed E-state index contributed by atoms with van der Waals surface area (Å²) in [6, 6.07) is 11.1. The Hall–Kier alpha value is -0.400. The first-order valence-corrected chi connectivity index (χ1v) is 6.46. The Morgan fingerprint density at radius 3 is 2.24 bits per heavy atom. The third-order valence-corrected chi connectivity index (χ3v) is 4.01. The second-order valence-electron chi connectivity index (χ2n) is 3.64. The van der Waals surface area contributed by atoms with Crippen molar-refractivity contribution >= 4 is 46.4 Å². The minimum atomic E-state index is 0.544. The lowest BCUT2D eigenvalue weighted by Crippen LogP contribution is -1.90. The first kappa shape index (κ1) is 13.0. The second kappa shape index (κ2) is 5.49. The Morgan fingerprint density at radius 1 is 0.765 bits per heavy atom. The number of benzene rings is 2. The Labute approximate surface area is 120 Å². The van der Waals surface area contributed by atoms with E-state index < -0.39 is 0 Å². The van der Waals surface area contributed by atoms with Crippen molar-refractivity contribution in [3.05, 3.63) is 67.6 Å². The Bertz CT molecular complexity index is 549. The molecule has 17 heavy (non-hydrogen) atoms. The van der Waals surface area contributed by atoms with Gasteiger partial charge in [0.2, 0.25) is 0 Å². The van der Waals surface area contributed by atoms with Gasteiger partial charge in [-0.05, 0) is 35.7 Å². The normalized spacial score (nSPS) is 10.6. The predicted molar refractivity (Wildman–Crippen MR) is 75.7 cm³/mol. The van der Waals surface area contributed by atoms with Gasteiger partial charge in [0.1, 0.15) is 0 Å². The number of halogens is 4. The van der Waals surface area contributed by atoms with Crippen LogP contribution >= 0.6 is 46.4 Å². The molecule has 2 aromatic rings. The van der Waals surface area contributed by atoms with Gasteiger partial charge in [0.15, 0.2) is 0 Å². The van der Waals surface area contributed by atoms with E-state index in [9.17, 15) is 0 Å². The van der Waals surface area contributed by atoms with Gasteiger partial charge >= 0.3 is 0 Å². The van der Waals surface area contributed by atoms with Crippen LogP contribution in [0.25, 0.3) is 0 Å². The van der Waals surface area contributed by atoms with Crippen molar-refractivity contribution in [3.8, 4) is 0 Å². The van der Waals surface area contributed by atoms with E-state index in [0.29, 0.717) is 26.5 Å². The van der Waals surface area contributed by atoms with E-state index in [-0.39, 0.29) is 0 Å². The molecule has 2 rings (SSSR count). The molecule has 0 bridgehead atoms. The monoisotopic (exact) mass is 304 g/mol. The third-order valence-electron chi connectivity index (χ3n) is 2.41. The fourth-order valence-corrected chi connectivity index (χ4v) is 2.26. The van der Waals surface area contributed by atoms with Crippen LogP contribution in [0.4, 0.5) is 0 Å². The van der Waals surface area contributed by atoms with Gasteiger partial charge in [0.25, 0.3) is 0 Å². The summed E-state index contributed by atoms with van der Waals surface area (Å²) in [4.78, 5) is 0. The van der Waals surface area contributed by atoms with E-state index in [0.717, 1.165) is 11.1 Å². The van der Waals surface area contributed by atoms with Crippen molar-refractivity contribution in [2.75, 3.05) is 0 Å². The van der Waals surface area contributed by atoms with Crippen molar-refractivity contribution < 1.29 is 0 Å². The second-order valence-corrected chi connectivity index (χ2v) is 5.24. The molecule has 0 unspecified atom stereocenters. The van der Waals surface area contributed by atoms with Gasteiger partial charge < -0.3 is 0 Å². The SMILES string of the molecule is Clc1ccc(Cc2cccc(Cl)c2Cl)cc1Cl. The Morgan fingerprint density at radius 2 is 1.53 bits per heavy atom. The molecule has 0 heterocycles. The topological polar surface area (TPSA) is 0 Å². The molecule has 88 valence electrons. The zero-order chi connectivity index (χ0) is 12.4. The molecule has 4 heteroatoms. The molecular weight excluding hydrogens is 298 g/mol. The van der Waals surface area contributed by atoms with E-state index in [4.69, 9.17) is 46.4 Å². The summed E-state index contributed by atoms with van der Waals surface area (Å²) in [5.41, 5.74) is 2.01. The lowest BCUT2D eigenvalue weighted by Gasteiger charge is -2.06. The highest BCUT2D eigenvalue weighted by atomic mass is 35.5. The molecule has 0 radical (unpaired) electrons. The molecule has 0 saturated heterocycles. The average Bonchev–Trinajstić information content (AvgIpc) is 2.30. The molecular formula is C13H8Cl4. The van der Waals surface area contributed by atoms with Crippen LogP contribution in [0.3, 0.4) is 0 Å². The maximum Gasteiger partial charge on any atom is 0.0627 e. The fraction of sp³-hybridized carbons (Fsp3) is 0.0769. The van der Waals surface area contributed by atoms with Gasteiger partial charge in [-0.3, -0.25) is 0 Å². The molecule has 0 aromatic heterocycles. The minimum Gasteiger partial charge on any atom is -0.0827 e. The molecule has 0 atom stereocenters. The summed E-state index contributed by atoms with van der Waals surface area (Å²) >= 11 is 23.9. The summed E-state index contributed by atoms with van der Waals surface area (Å²) in [7, 11) is 0. The van der Waals surface area contributed by atoms with E-state index >= 15 is 0 Å². The summed E-state index contributed by atoms with van der Waals surface area (Å²) in [5, 5.41) is 2.24. The van der Waals surface area contributed by atoms with Crippen LogP contribution in [0.1, 0.15) is 11.1 Å². The van der Waals surface area contributed by atoms with Gasteiger partial charge in [-0.2, -0.15) is 0 Å². The maximum atomic E-state index is 6.12. The van der Waals surface area contributed by atoms with Crippen molar-refractivity contribution in [2.24, 2.45) is 0 Å². The first-order chi connectivity index (χ1) is 8.08.